The second kappa shape index (κ2) is 5.26. The molecule has 0 unspecified atom stereocenters. The lowest BCUT2D eigenvalue weighted by molar-refractivity contribution is 0.569. The van der Waals surface area contributed by atoms with Crippen molar-refractivity contribution in [2.75, 3.05) is 5.73 Å². The first-order valence-corrected chi connectivity index (χ1v) is 7.73. The van der Waals surface area contributed by atoms with E-state index in [1.807, 2.05) is 6.92 Å². The molecule has 0 aliphatic rings. The molecule has 2 aromatic rings. The molecule has 0 saturated carbocycles. The summed E-state index contributed by atoms with van der Waals surface area (Å²) >= 11 is 0. The van der Waals surface area contributed by atoms with E-state index in [0.717, 1.165) is 5.56 Å². The molecule has 0 saturated heterocycles. The number of para-hydroxylation sites is 1. The summed E-state index contributed by atoms with van der Waals surface area (Å²) in [5.74, 6) is 0.383. The Balaban J connectivity index is 2.57. The summed E-state index contributed by atoms with van der Waals surface area (Å²) in [6.45, 7) is 5.37. The van der Waals surface area contributed by atoms with Crippen LogP contribution < -0.4 is 10.5 Å². The Morgan fingerprint density at radius 1 is 1.30 bits per heavy atom. The molecule has 0 bridgehead atoms. The number of hydrogen-bond donors (Lipinski definition) is 2. The molecular weight excluding hydrogens is 276 g/mol. The van der Waals surface area contributed by atoms with E-state index in [-0.39, 0.29) is 10.9 Å². The van der Waals surface area contributed by atoms with E-state index in [2.05, 4.69) is 9.82 Å². The van der Waals surface area contributed by atoms with Crippen molar-refractivity contribution >= 4 is 15.8 Å². The predicted octanol–water partition coefficient (Wildman–Crippen LogP) is 1.45. The van der Waals surface area contributed by atoms with Crippen LogP contribution in [-0.4, -0.2) is 24.2 Å². The van der Waals surface area contributed by atoms with E-state index in [0.29, 0.717) is 11.5 Å². The fourth-order valence-electron chi connectivity index (χ4n) is 1.84. The number of aryl methyl sites for hydroxylation is 1. The molecule has 1 aromatic heterocycles. The molecule has 20 heavy (non-hydrogen) atoms. The van der Waals surface area contributed by atoms with E-state index < -0.39 is 10.0 Å². The average molecular weight is 294 g/mol. The van der Waals surface area contributed by atoms with E-state index in [9.17, 15) is 8.42 Å². The Bertz CT molecular complexity index is 700. The average Bonchev–Trinajstić information content (AvgIpc) is 2.68. The third-order valence-corrected chi connectivity index (χ3v) is 4.43. The van der Waals surface area contributed by atoms with Crippen molar-refractivity contribution in [3.8, 4) is 5.69 Å². The minimum absolute atomic E-state index is 0.177. The molecule has 3 N–H and O–H groups in total. The number of aromatic nitrogens is 2. The van der Waals surface area contributed by atoms with Gasteiger partial charge in [0.2, 0.25) is 10.0 Å². The maximum absolute atomic E-state index is 12.3. The number of rotatable bonds is 4. The number of nitrogen functional groups attached to an aromatic ring is 1. The molecular formula is C13H18N4O2S. The van der Waals surface area contributed by atoms with Crippen LogP contribution in [0, 0.1) is 6.92 Å². The summed E-state index contributed by atoms with van der Waals surface area (Å²) in [5.41, 5.74) is 6.99. The van der Waals surface area contributed by atoms with Gasteiger partial charge in [-0.2, -0.15) is 5.10 Å². The number of sulfonamides is 1. The predicted molar refractivity (Wildman–Crippen MR) is 78.2 cm³/mol. The summed E-state index contributed by atoms with van der Waals surface area (Å²) in [5, 5.41) is 4.14. The first kappa shape index (κ1) is 14.5. The molecule has 108 valence electrons. The summed E-state index contributed by atoms with van der Waals surface area (Å²) in [4.78, 5) is 0.177. The Morgan fingerprint density at radius 3 is 2.50 bits per heavy atom. The van der Waals surface area contributed by atoms with Crippen molar-refractivity contribution < 1.29 is 8.42 Å². The molecule has 0 fully saturated rings. The lowest BCUT2D eigenvalue weighted by Crippen LogP contribution is -2.31. The van der Waals surface area contributed by atoms with Crippen LogP contribution in [0.2, 0.25) is 0 Å². The minimum Gasteiger partial charge on any atom is -0.382 e. The number of anilines is 1. The van der Waals surface area contributed by atoms with Crippen LogP contribution >= 0.6 is 0 Å². The molecule has 0 aliphatic heterocycles. The first-order chi connectivity index (χ1) is 9.31. The fourth-order valence-corrected chi connectivity index (χ4v) is 3.29. The van der Waals surface area contributed by atoms with Gasteiger partial charge < -0.3 is 5.73 Å². The Kier molecular flexibility index (Phi) is 3.82. The fraction of sp³-hybridized carbons (Fsp3) is 0.308. The molecule has 0 atom stereocenters. The number of nitrogens with one attached hydrogen (secondary N) is 1. The highest BCUT2D eigenvalue weighted by atomic mass is 32.2. The SMILES string of the molecule is Cc1cn(-c2ccccc2S(=O)(=O)NC(C)C)nc1N. The van der Waals surface area contributed by atoms with Gasteiger partial charge >= 0.3 is 0 Å². The lowest BCUT2D eigenvalue weighted by Gasteiger charge is -2.13. The zero-order valence-corrected chi connectivity index (χ0v) is 12.5. The van der Waals surface area contributed by atoms with Gasteiger partial charge in [0.05, 0.1) is 5.69 Å². The lowest BCUT2D eigenvalue weighted by atomic mass is 10.3. The van der Waals surface area contributed by atoms with Crippen molar-refractivity contribution in [1.82, 2.24) is 14.5 Å². The van der Waals surface area contributed by atoms with Gasteiger partial charge in [0.1, 0.15) is 10.7 Å². The van der Waals surface area contributed by atoms with Crippen LogP contribution in [0.15, 0.2) is 35.4 Å². The second-order valence-corrected chi connectivity index (χ2v) is 6.57. The largest absolute Gasteiger partial charge is 0.382 e. The smallest absolute Gasteiger partial charge is 0.242 e. The Morgan fingerprint density at radius 2 is 1.95 bits per heavy atom. The summed E-state index contributed by atoms with van der Waals surface area (Å²) < 4.78 is 28.7. The van der Waals surface area contributed by atoms with Gasteiger partial charge in [0, 0.05) is 17.8 Å². The van der Waals surface area contributed by atoms with Gasteiger partial charge in [-0.05, 0) is 32.9 Å². The maximum atomic E-state index is 12.3. The van der Waals surface area contributed by atoms with Crippen LogP contribution in [0.1, 0.15) is 19.4 Å². The third kappa shape index (κ3) is 2.83. The quantitative estimate of drug-likeness (QED) is 0.893. The van der Waals surface area contributed by atoms with E-state index in [1.165, 1.54) is 4.68 Å². The molecule has 6 nitrogen and oxygen atoms in total. The summed E-state index contributed by atoms with van der Waals surface area (Å²) in [6.07, 6.45) is 1.71. The maximum Gasteiger partial charge on any atom is 0.242 e. The van der Waals surface area contributed by atoms with Gasteiger partial charge in [-0.1, -0.05) is 12.1 Å². The minimum atomic E-state index is -3.59. The van der Waals surface area contributed by atoms with Gasteiger partial charge in [-0.3, -0.25) is 0 Å². The molecule has 1 heterocycles. The number of benzene rings is 1. The van der Waals surface area contributed by atoms with E-state index in [4.69, 9.17) is 5.73 Å². The first-order valence-electron chi connectivity index (χ1n) is 6.25. The highest BCUT2D eigenvalue weighted by Crippen LogP contribution is 2.21. The Labute approximate surface area is 118 Å². The van der Waals surface area contributed by atoms with Crippen LogP contribution in [0.25, 0.3) is 5.69 Å². The van der Waals surface area contributed by atoms with Gasteiger partial charge in [-0.25, -0.2) is 17.8 Å². The van der Waals surface area contributed by atoms with Crippen molar-refractivity contribution in [2.45, 2.75) is 31.7 Å². The van der Waals surface area contributed by atoms with Crippen molar-refractivity contribution in [2.24, 2.45) is 0 Å². The third-order valence-electron chi connectivity index (χ3n) is 2.73. The molecule has 1 aromatic carbocycles. The molecule has 0 aliphatic carbocycles. The van der Waals surface area contributed by atoms with E-state index >= 15 is 0 Å². The normalized spacial score (nSPS) is 12.0. The Hall–Kier alpha value is -1.86. The van der Waals surface area contributed by atoms with Crippen LogP contribution in [0.4, 0.5) is 5.82 Å². The molecule has 0 amide bonds. The standard InChI is InChI=1S/C13H18N4O2S/c1-9(2)16-20(18,19)12-7-5-4-6-11(12)17-8-10(3)13(14)15-17/h4-9,16H,1-3H3,(H2,14,15). The molecule has 7 heteroatoms. The second-order valence-electron chi connectivity index (χ2n) is 4.89. The summed E-state index contributed by atoms with van der Waals surface area (Å²) in [7, 11) is -3.59. The molecule has 0 radical (unpaired) electrons. The summed E-state index contributed by atoms with van der Waals surface area (Å²) in [6, 6.07) is 6.50. The zero-order chi connectivity index (χ0) is 14.9. The molecule has 2 rings (SSSR count). The highest BCUT2D eigenvalue weighted by molar-refractivity contribution is 7.89. The van der Waals surface area contributed by atoms with Gasteiger partial charge in [0.15, 0.2) is 0 Å². The van der Waals surface area contributed by atoms with Crippen molar-refractivity contribution in [3.05, 3.63) is 36.0 Å². The van der Waals surface area contributed by atoms with Crippen LogP contribution in [-0.2, 0) is 10.0 Å². The zero-order valence-electron chi connectivity index (χ0n) is 11.7. The van der Waals surface area contributed by atoms with Crippen LogP contribution in [0.5, 0.6) is 0 Å². The molecule has 0 spiro atoms. The van der Waals surface area contributed by atoms with Crippen LogP contribution in [0.3, 0.4) is 0 Å². The number of hydrogen-bond acceptors (Lipinski definition) is 4. The van der Waals surface area contributed by atoms with Crippen molar-refractivity contribution in [3.63, 3.8) is 0 Å². The monoisotopic (exact) mass is 294 g/mol. The van der Waals surface area contributed by atoms with Gasteiger partial charge in [0.25, 0.3) is 0 Å². The van der Waals surface area contributed by atoms with Gasteiger partial charge in [-0.15, -0.1) is 0 Å². The van der Waals surface area contributed by atoms with E-state index in [1.54, 1.807) is 44.3 Å². The topological polar surface area (TPSA) is 90.0 Å². The highest BCUT2D eigenvalue weighted by Gasteiger charge is 2.20. The number of nitrogens with two attached hydrogens (primary N) is 1. The van der Waals surface area contributed by atoms with Crippen molar-refractivity contribution in [1.29, 1.82) is 0 Å². The number of nitrogens with zero attached hydrogens (tertiary/aromatic N) is 2.